The van der Waals surface area contributed by atoms with E-state index in [2.05, 4.69) is 10.6 Å². The van der Waals surface area contributed by atoms with E-state index in [-0.39, 0.29) is 24.2 Å². The van der Waals surface area contributed by atoms with E-state index in [9.17, 15) is 14.4 Å². The third kappa shape index (κ3) is 7.80. The molecule has 0 bridgehead atoms. The van der Waals surface area contributed by atoms with Crippen LogP contribution >= 0.6 is 0 Å². The van der Waals surface area contributed by atoms with Gasteiger partial charge in [0.15, 0.2) is 5.78 Å². The first-order chi connectivity index (χ1) is 17.6. The molecule has 6 heteroatoms. The SMILES string of the molecule is O=C(NC(CCc1ccccc1)C(=O)NC(Cc1ccccc1)C(=O)C1CC1)OCc1ccccc1. The van der Waals surface area contributed by atoms with Crippen LogP contribution in [0.2, 0.25) is 0 Å². The number of hydrogen-bond acceptors (Lipinski definition) is 4. The van der Waals surface area contributed by atoms with E-state index < -0.39 is 18.2 Å². The summed E-state index contributed by atoms with van der Waals surface area (Å²) in [5.41, 5.74) is 2.90. The second kappa shape index (κ2) is 12.7. The number of ether oxygens (including phenoxy) is 1. The lowest BCUT2D eigenvalue weighted by Crippen LogP contribution is -2.52. The van der Waals surface area contributed by atoms with Crippen LogP contribution in [0.15, 0.2) is 91.0 Å². The minimum atomic E-state index is -0.834. The number of rotatable bonds is 12. The largest absolute Gasteiger partial charge is 0.445 e. The molecule has 4 rings (SSSR count). The Hall–Kier alpha value is -3.93. The predicted octanol–water partition coefficient (Wildman–Crippen LogP) is 4.62. The molecule has 1 saturated carbocycles. The molecule has 0 radical (unpaired) electrons. The fraction of sp³-hybridized carbons (Fsp3) is 0.300. The van der Waals surface area contributed by atoms with Gasteiger partial charge in [0.25, 0.3) is 0 Å². The third-order valence-corrected chi connectivity index (χ3v) is 6.31. The molecule has 1 fully saturated rings. The van der Waals surface area contributed by atoms with Gasteiger partial charge in [-0.2, -0.15) is 0 Å². The summed E-state index contributed by atoms with van der Waals surface area (Å²) in [4.78, 5) is 39.0. The normalized spacial score (nSPS) is 14.3. The van der Waals surface area contributed by atoms with Gasteiger partial charge >= 0.3 is 6.09 Å². The quantitative estimate of drug-likeness (QED) is 0.393. The van der Waals surface area contributed by atoms with E-state index in [1.807, 2.05) is 91.0 Å². The van der Waals surface area contributed by atoms with Gasteiger partial charge in [0, 0.05) is 5.92 Å². The maximum atomic E-state index is 13.4. The van der Waals surface area contributed by atoms with Crippen molar-refractivity contribution < 1.29 is 19.1 Å². The summed E-state index contributed by atoms with van der Waals surface area (Å²) >= 11 is 0. The Balaban J connectivity index is 1.43. The van der Waals surface area contributed by atoms with Crippen LogP contribution in [0.1, 0.15) is 36.0 Å². The Morgan fingerprint density at radius 1 is 0.722 bits per heavy atom. The molecule has 2 unspecified atom stereocenters. The molecule has 0 saturated heterocycles. The number of carbonyl (C=O) groups is 3. The Morgan fingerprint density at radius 3 is 1.86 bits per heavy atom. The third-order valence-electron chi connectivity index (χ3n) is 6.31. The van der Waals surface area contributed by atoms with Crippen LogP contribution in [0.3, 0.4) is 0 Å². The standard InChI is InChI=1S/C30H32N2O4/c33-28(25-17-18-25)27(20-23-12-6-2-7-13-23)31-29(34)26(19-16-22-10-4-1-5-11-22)32-30(35)36-21-24-14-8-3-9-15-24/h1-15,25-27H,16-21H2,(H,31,34)(H,32,35). The predicted molar refractivity (Wildman–Crippen MR) is 138 cm³/mol. The van der Waals surface area contributed by atoms with Crippen molar-refractivity contribution in [3.8, 4) is 0 Å². The second-order valence-electron chi connectivity index (χ2n) is 9.21. The summed E-state index contributed by atoms with van der Waals surface area (Å²) in [6.07, 6.45) is 2.46. The number of amides is 2. The summed E-state index contributed by atoms with van der Waals surface area (Å²) in [7, 11) is 0. The van der Waals surface area contributed by atoms with Gasteiger partial charge in [-0.15, -0.1) is 0 Å². The molecule has 186 valence electrons. The molecule has 1 aliphatic carbocycles. The first kappa shape index (κ1) is 25.2. The van der Waals surface area contributed by atoms with Gasteiger partial charge in [-0.25, -0.2) is 4.79 Å². The number of aryl methyl sites for hydroxylation is 1. The first-order valence-corrected chi connectivity index (χ1v) is 12.5. The van der Waals surface area contributed by atoms with Gasteiger partial charge < -0.3 is 15.4 Å². The summed E-state index contributed by atoms with van der Waals surface area (Å²) in [5, 5.41) is 5.67. The van der Waals surface area contributed by atoms with Crippen LogP contribution < -0.4 is 10.6 Å². The zero-order valence-corrected chi connectivity index (χ0v) is 20.3. The number of Topliss-reactive ketones (excluding diaryl/α,β-unsaturated/α-hetero) is 1. The van der Waals surface area contributed by atoms with Gasteiger partial charge in [-0.05, 0) is 48.8 Å². The van der Waals surface area contributed by atoms with Crippen molar-refractivity contribution in [1.29, 1.82) is 0 Å². The van der Waals surface area contributed by atoms with Crippen molar-refractivity contribution in [3.05, 3.63) is 108 Å². The van der Waals surface area contributed by atoms with Crippen molar-refractivity contribution in [2.75, 3.05) is 0 Å². The molecule has 36 heavy (non-hydrogen) atoms. The lowest BCUT2D eigenvalue weighted by molar-refractivity contribution is -0.129. The van der Waals surface area contributed by atoms with Crippen molar-refractivity contribution in [2.45, 2.75) is 50.8 Å². The van der Waals surface area contributed by atoms with Gasteiger partial charge in [0.1, 0.15) is 12.6 Å². The minimum absolute atomic E-state index is 0.00516. The second-order valence-corrected chi connectivity index (χ2v) is 9.21. The van der Waals surface area contributed by atoms with Crippen LogP contribution in [-0.4, -0.2) is 29.9 Å². The van der Waals surface area contributed by atoms with Gasteiger partial charge in [-0.3, -0.25) is 9.59 Å². The van der Waals surface area contributed by atoms with Gasteiger partial charge in [-0.1, -0.05) is 91.0 Å². The molecule has 1 aliphatic rings. The Bertz CT molecular complexity index is 1130. The Labute approximate surface area is 212 Å². The molecule has 0 aromatic heterocycles. The van der Waals surface area contributed by atoms with Crippen LogP contribution in [0.5, 0.6) is 0 Å². The zero-order valence-electron chi connectivity index (χ0n) is 20.3. The molecule has 6 nitrogen and oxygen atoms in total. The van der Waals surface area contributed by atoms with Crippen molar-refractivity contribution in [1.82, 2.24) is 10.6 Å². The van der Waals surface area contributed by atoms with Crippen LogP contribution in [0, 0.1) is 5.92 Å². The van der Waals surface area contributed by atoms with E-state index in [1.54, 1.807) is 0 Å². The summed E-state index contributed by atoms with van der Waals surface area (Å²) in [6.45, 7) is 0.108. The average Bonchev–Trinajstić information content (AvgIpc) is 3.76. The number of ketones is 1. The van der Waals surface area contributed by atoms with E-state index in [4.69, 9.17) is 4.74 Å². The van der Waals surface area contributed by atoms with Crippen molar-refractivity contribution in [3.63, 3.8) is 0 Å². The molecule has 0 aliphatic heterocycles. The Kier molecular flexibility index (Phi) is 8.87. The zero-order chi connectivity index (χ0) is 25.2. The Morgan fingerprint density at radius 2 is 1.28 bits per heavy atom. The first-order valence-electron chi connectivity index (χ1n) is 12.5. The smallest absolute Gasteiger partial charge is 0.408 e. The number of benzene rings is 3. The minimum Gasteiger partial charge on any atom is -0.445 e. The molecule has 2 N–H and O–H groups in total. The fourth-order valence-electron chi connectivity index (χ4n) is 4.13. The molecule has 2 amide bonds. The maximum absolute atomic E-state index is 13.4. The van der Waals surface area contributed by atoms with E-state index in [1.165, 1.54) is 0 Å². The van der Waals surface area contributed by atoms with E-state index in [0.29, 0.717) is 19.3 Å². The molecule has 2 atom stereocenters. The van der Waals surface area contributed by atoms with Crippen LogP contribution in [-0.2, 0) is 33.8 Å². The van der Waals surface area contributed by atoms with Crippen molar-refractivity contribution in [2.24, 2.45) is 5.92 Å². The highest BCUT2D eigenvalue weighted by Gasteiger charge is 2.36. The van der Waals surface area contributed by atoms with Gasteiger partial charge in [0.2, 0.25) is 5.91 Å². The number of carbonyl (C=O) groups excluding carboxylic acids is 3. The fourth-order valence-corrected chi connectivity index (χ4v) is 4.13. The molecule has 0 spiro atoms. The highest BCUT2D eigenvalue weighted by atomic mass is 16.5. The average molecular weight is 485 g/mol. The van der Waals surface area contributed by atoms with Crippen LogP contribution in [0.25, 0.3) is 0 Å². The number of hydrogen-bond donors (Lipinski definition) is 2. The highest BCUT2D eigenvalue weighted by Crippen LogP contribution is 2.31. The highest BCUT2D eigenvalue weighted by molar-refractivity contribution is 5.94. The monoisotopic (exact) mass is 484 g/mol. The van der Waals surface area contributed by atoms with E-state index in [0.717, 1.165) is 29.5 Å². The lowest BCUT2D eigenvalue weighted by atomic mass is 9.98. The molecule has 3 aromatic carbocycles. The topological polar surface area (TPSA) is 84.5 Å². The molecular weight excluding hydrogens is 452 g/mol. The summed E-state index contributed by atoms with van der Waals surface area (Å²) < 4.78 is 5.36. The van der Waals surface area contributed by atoms with E-state index >= 15 is 0 Å². The molecule has 3 aromatic rings. The molecule has 0 heterocycles. The number of nitrogens with one attached hydrogen (secondary N) is 2. The van der Waals surface area contributed by atoms with Crippen molar-refractivity contribution >= 4 is 17.8 Å². The van der Waals surface area contributed by atoms with Crippen LogP contribution in [0.4, 0.5) is 4.79 Å². The number of alkyl carbamates (subject to hydrolysis) is 1. The summed E-state index contributed by atoms with van der Waals surface area (Å²) in [5.74, 6) is -0.316. The van der Waals surface area contributed by atoms with Gasteiger partial charge in [0.05, 0.1) is 6.04 Å². The summed E-state index contributed by atoms with van der Waals surface area (Å²) in [6, 6.07) is 27.3. The lowest BCUT2D eigenvalue weighted by Gasteiger charge is -2.23. The maximum Gasteiger partial charge on any atom is 0.408 e. The molecular formula is C30H32N2O4.